The van der Waals surface area contributed by atoms with Crippen LogP contribution in [0.3, 0.4) is 0 Å². The molecule has 1 aromatic heterocycles. The second-order valence-corrected chi connectivity index (χ2v) is 8.51. The van der Waals surface area contributed by atoms with Crippen LogP contribution in [-0.2, 0) is 23.1 Å². The van der Waals surface area contributed by atoms with E-state index in [1.54, 1.807) is 11.3 Å². The molecule has 0 aliphatic rings. The van der Waals surface area contributed by atoms with Gasteiger partial charge in [0.05, 0.1) is 12.2 Å². The number of nitrogens with zero attached hydrogens (tertiary/aromatic N) is 2. The van der Waals surface area contributed by atoms with E-state index in [1.807, 2.05) is 44.2 Å². The zero-order chi connectivity index (χ0) is 18.1. The van der Waals surface area contributed by atoms with Crippen LogP contribution in [0.25, 0.3) is 0 Å². The van der Waals surface area contributed by atoms with Crippen molar-refractivity contribution in [2.45, 2.75) is 33.1 Å². The molecule has 144 valence electrons. The molecule has 2 N–H and O–H groups in total. The highest BCUT2D eigenvalue weighted by Crippen LogP contribution is 2.16. The van der Waals surface area contributed by atoms with Crippen molar-refractivity contribution in [3.63, 3.8) is 0 Å². The predicted octanol–water partition coefficient (Wildman–Crippen LogP) is 3.38. The van der Waals surface area contributed by atoms with E-state index in [1.165, 1.54) is 4.88 Å². The average Bonchev–Trinajstić information content (AvgIpc) is 2.91. The van der Waals surface area contributed by atoms with Gasteiger partial charge in [0.1, 0.15) is 5.01 Å². The molecule has 0 fully saturated rings. The lowest BCUT2D eigenvalue weighted by atomic mass is 10.2. The molecule has 8 heteroatoms. The zero-order valence-electron chi connectivity index (χ0n) is 15.4. The van der Waals surface area contributed by atoms with Gasteiger partial charge in [-0.1, -0.05) is 30.3 Å². The minimum atomic E-state index is -0.887. The van der Waals surface area contributed by atoms with Gasteiger partial charge in [0.15, 0.2) is 5.96 Å². The van der Waals surface area contributed by atoms with Gasteiger partial charge in [-0.2, -0.15) is 0 Å². The quantitative estimate of drug-likeness (QED) is 0.327. The molecule has 0 saturated heterocycles. The van der Waals surface area contributed by atoms with Crippen LogP contribution < -0.4 is 10.6 Å². The van der Waals surface area contributed by atoms with Gasteiger partial charge in [0.25, 0.3) is 0 Å². The first-order chi connectivity index (χ1) is 12.1. The summed E-state index contributed by atoms with van der Waals surface area (Å²) in [5, 5.41) is 7.48. The van der Waals surface area contributed by atoms with Crippen LogP contribution in [0.4, 0.5) is 0 Å². The Bertz CT molecular complexity index is 700. The molecule has 26 heavy (non-hydrogen) atoms. The molecule has 5 nitrogen and oxygen atoms in total. The monoisotopic (exact) mass is 506 g/mol. The molecule has 2 aromatic rings. The maximum atomic E-state index is 12.2. The average molecular weight is 506 g/mol. The van der Waals surface area contributed by atoms with Crippen molar-refractivity contribution in [3.05, 3.63) is 51.5 Å². The minimum absolute atomic E-state index is 0. The van der Waals surface area contributed by atoms with E-state index in [0.717, 1.165) is 28.8 Å². The van der Waals surface area contributed by atoms with Gasteiger partial charge in [-0.25, -0.2) is 9.98 Å². The van der Waals surface area contributed by atoms with Crippen LogP contribution in [-0.4, -0.2) is 34.0 Å². The first-order valence-corrected chi connectivity index (χ1v) is 10.7. The number of benzene rings is 1. The van der Waals surface area contributed by atoms with Gasteiger partial charge < -0.3 is 10.6 Å². The molecule has 0 saturated carbocycles. The SMILES string of the molecule is CCNC(=NCc1nc(C)c(C)s1)NCCS(=O)Cc1ccccc1.I. The Morgan fingerprint density at radius 3 is 2.58 bits per heavy atom. The molecule has 0 aliphatic carbocycles. The summed E-state index contributed by atoms with van der Waals surface area (Å²) in [7, 11) is -0.887. The summed E-state index contributed by atoms with van der Waals surface area (Å²) in [4.78, 5) is 10.3. The fourth-order valence-electron chi connectivity index (χ4n) is 2.21. The molecule has 1 atom stereocenters. The third kappa shape index (κ3) is 8.13. The number of rotatable bonds is 8. The lowest BCUT2D eigenvalue weighted by molar-refractivity contribution is 0.680. The highest BCUT2D eigenvalue weighted by atomic mass is 127. The number of guanidine groups is 1. The Balaban J connectivity index is 0.00000338. The van der Waals surface area contributed by atoms with E-state index in [2.05, 4.69) is 27.5 Å². The lowest BCUT2D eigenvalue weighted by Gasteiger charge is -2.10. The molecule has 1 unspecified atom stereocenters. The van der Waals surface area contributed by atoms with Gasteiger partial charge in [0.2, 0.25) is 0 Å². The van der Waals surface area contributed by atoms with Gasteiger partial charge >= 0.3 is 0 Å². The summed E-state index contributed by atoms with van der Waals surface area (Å²) in [5.41, 5.74) is 2.18. The van der Waals surface area contributed by atoms with E-state index in [-0.39, 0.29) is 24.0 Å². The van der Waals surface area contributed by atoms with Crippen LogP contribution in [0.1, 0.15) is 28.1 Å². The van der Waals surface area contributed by atoms with Crippen LogP contribution in [0.2, 0.25) is 0 Å². The summed E-state index contributed by atoms with van der Waals surface area (Å²) in [6.45, 7) is 8.09. The third-order valence-corrected chi connectivity index (χ3v) is 5.95. The number of aliphatic imine (C=N–C) groups is 1. The Labute approximate surface area is 179 Å². The molecule has 0 radical (unpaired) electrons. The van der Waals surface area contributed by atoms with Crippen molar-refractivity contribution in [1.82, 2.24) is 15.6 Å². The highest BCUT2D eigenvalue weighted by Gasteiger charge is 2.05. The molecule has 0 aliphatic heterocycles. The van der Waals surface area contributed by atoms with Crippen LogP contribution in [0.5, 0.6) is 0 Å². The summed E-state index contributed by atoms with van der Waals surface area (Å²) < 4.78 is 12.2. The Kier molecular flexibility index (Phi) is 11.0. The van der Waals surface area contributed by atoms with Crippen molar-refractivity contribution in [1.29, 1.82) is 0 Å². The topological polar surface area (TPSA) is 66.4 Å². The van der Waals surface area contributed by atoms with Crippen LogP contribution >= 0.6 is 35.3 Å². The minimum Gasteiger partial charge on any atom is -0.357 e. The standard InChI is InChI=1S/C18H26N4OS2.HI/c1-4-19-18(21-12-17-22-14(2)15(3)24-17)20-10-11-25(23)13-16-8-6-5-7-9-16;/h5-9H,4,10-13H2,1-3H3,(H2,19,20,21);1H. The molecule has 0 spiro atoms. The summed E-state index contributed by atoms with van der Waals surface area (Å²) >= 11 is 1.68. The molecular formula is C18H27IN4OS2. The number of nitrogens with one attached hydrogen (secondary N) is 2. The largest absolute Gasteiger partial charge is 0.357 e. The predicted molar refractivity (Wildman–Crippen MR) is 123 cm³/mol. The Morgan fingerprint density at radius 2 is 1.96 bits per heavy atom. The van der Waals surface area contributed by atoms with E-state index < -0.39 is 10.8 Å². The van der Waals surface area contributed by atoms with E-state index in [4.69, 9.17) is 0 Å². The summed E-state index contributed by atoms with van der Waals surface area (Å²) in [5.74, 6) is 1.92. The highest BCUT2D eigenvalue weighted by molar-refractivity contribution is 14.0. The molecule has 0 bridgehead atoms. The fourth-order valence-corrected chi connectivity index (χ4v) is 4.11. The van der Waals surface area contributed by atoms with E-state index >= 15 is 0 Å². The lowest BCUT2D eigenvalue weighted by Crippen LogP contribution is -2.39. The third-order valence-electron chi connectivity index (χ3n) is 3.58. The van der Waals surface area contributed by atoms with Gasteiger partial charge in [0, 0.05) is 40.3 Å². The Morgan fingerprint density at radius 1 is 1.23 bits per heavy atom. The second-order valence-electron chi connectivity index (χ2n) is 5.65. The molecular weight excluding hydrogens is 479 g/mol. The maximum Gasteiger partial charge on any atom is 0.191 e. The normalized spacial score (nSPS) is 12.3. The molecule has 1 aromatic carbocycles. The van der Waals surface area contributed by atoms with Gasteiger partial charge in [-0.05, 0) is 26.3 Å². The van der Waals surface area contributed by atoms with Crippen molar-refractivity contribution in [3.8, 4) is 0 Å². The number of aromatic nitrogens is 1. The fraction of sp³-hybridized carbons (Fsp3) is 0.444. The number of hydrogen-bond donors (Lipinski definition) is 2. The summed E-state index contributed by atoms with van der Waals surface area (Å²) in [6, 6.07) is 9.94. The number of aryl methyl sites for hydroxylation is 2. The molecule has 2 rings (SSSR count). The van der Waals surface area contributed by atoms with E-state index in [9.17, 15) is 4.21 Å². The second kappa shape index (κ2) is 12.4. The van der Waals surface area contributed by atoms with E-state index in [0.29, 0.717) is 24.6 Å². The summed E-state index contributed by atoms with van der Waals surface area (Å²) in [6.07, 6.45) is 0. The van der Waals surface area contributed by atoms with Crippen LogP contribution in [0, 0.1) is 13.8 Å². The number of hydrogen-bond acceptors (Lipinski definition) is 4. The van der Waals surface area contributed by atoms with Crippen molar-refractivity contribution in [2.24, 2.45) is 4.99 Å². The van der Waals surface area contributed by atoms with Crippen molar-refractivity contribution >= 4 is 52.1 Å². The van der Waals surface area contributed by atoms with Crippen LogP contribution in [0.15, 0.2) is 35.3 Å². The molecule has 0 amide bonds. The smallest absolute Gasteiger partial charge is 0.191 e. The van der Waals surface area contributed by atoms with Crippen molar-refractivity contribution in [2.75, 3.05) is 18.8 Å². The first-order valence-electron chi connectivity index (χ1n) is 8.42. The van der Waals surface area contributed by atoms with Gasteiger partial charge in [-0.15, -0.1) is 35.3 Å². The number of thiazole rings is 1. The first kappa shape index (κ1) is 23.0. The Hall–Kier alpha value is -1.000. The van der Waals surface area contributed by atoms with Gasteiger partial charge in [-0.3, -0.25) is 4.21 Å². The number of halogens is 1. The molecule has 1 heterocycles. The maximum absolute atomic E-state index is 12.2. The zero-order valence-corrected chi connectivity index (χ0v) is 19.4. The van der Waals surface area contributed by atoms with Crippen molar-refractivity contribution < 1.29 is 4.21 Å².